The van der Waals surface area contributed by atoms with Crippen molar-refractivity contribution in [2.75, 3.05) is 0 Å². The zero-order valence-electron chi connectivity index (χ0n) is 5.14. The van der Waals surface area contributed by atoms with Crippen LogP contribution in [0.4, 0.5) is 0 Å². The summed E-state index contributed by atoms with van der Waals surface area (Å²) in [4.78, 5) is 7.34. The van der Waals surface area contributed by atoms with E-state index in [1.165, 1.54) is 6.20 Å². The highest BCUT2D eigenvalue weighted by molar-refractivity contribution is 6.58. The molecule has 0 saturated carbocycles. The number of hydrogen-bond acceptors (Lipinski definition) is 4. The second-order valence-corrected chi connectivity index (χ2v) is 1.71. The molecule has 5 heteroatoms. The van der Waals surface area contributed by atoms with Gasteiger partial charge in [-0.25, -0.2) is 0 Å². The van der Waals surface area contributed by atoms with Crippen molar-refractivity contribution in [1.82, 2.24) is 4.98 Å². The molecule has 0 atom stereocenters. The van der Waals surface area contributed by atoms with Crippen LogP contribution in [-0.2, 0) is 4.81 Å². The number of hydrogen-bond donors (Lipinski definition) is 2. The van der Waals surface area contributed by atoms with E-state index >= 15 is 0 Å². The van der Waals surface area contributed by atoms with Crippen LogP contribution in [0.15, 0.2) is 24.4 Å². The smallest absolute Gasteiger partial charge is 0.421 e. The first kappa shape index (κ1) is 7.20. The topological polar surface area (TPSA) is 62.6 Å². The van der Waals surface area contributed by atoms with E-state index in [-0.39, 0.29) is 5.59 Å². The summed E-state index contributed by atoms with van der Waals surface area (Å²) in [6, 6.07) is 4.93. The first-order chi connectivity index (χ1) is 4.84. The molecule has 0 aromatic carbocycles. The minimum Gasteiger partial charge on any atom is -0.421 e. The summed E-state index contributed by atoms with van der Waals surface area (Å²) in [6.45, 7) is 0. The molecular formula is C5H6BNO3. The Bertz CT molecular complexity index is 193. The van der Waals surface area contributed by atoms with Crippen LogP contribution in [0.25, 0.3) is 0 Å². The molecule has 10 heavy (non-hydrogen) atoms. The van der Waals surface area contributed by atoms with Gasteiger partial charge in [0.25, 0.3) is 0 Å². The van der Waals surface area contributed by atoms with Crippen molar-refractivity contribution in [3.63, 3.8) is 0 Å². The van der Waals surface area contributed by atoms with Crippen LogP contribution >= 0.6 is 0 Å². The fourth-order valence-electron chi connectivity index (χ4n) is 0.576. The standard InChI is InChI=1S/C5H6BNO3/c8-6(10-9)5-3-1-2-4-7-5/h1-4,8-9H. The first-order valence-corrected chi connectivity index (χ1v) is 2.74. The monoisotopic (exact) mass is 139 g/mol. The Kier molecular flexibility index (Phi) is 2.38. The van der Waals surface area contributed by atoms with Crippen molar-refractivity contribution in [1.29, 1.82) is 0 Å². The Balaban J connectivity index is 2.75. The second-order valence-electron chi connectivity index (χ2n) is 1.71. The zero-order valence-corrected chi connectivity index (χ0v) is 5.14. The molecule has 1 rings (SSSR count). The molecule has 0 aliphatic heterocycles. The van der Waals surface area contributed by atoms with E-state index in [9.17, 15) is 0 Å². The predicted molar refractivity (Wildman–Crippen MR) is 35.6 cm³/mol. The van der Waals surface area contributed by atoms with Crippen molar-refractivity contribution in [3.05, 3.63) is 24.4 Å². The maximum absolute atomic E-state index is 8.79. The molecular weight excluding hydrogens is 133 g/mol. The van der Waals surface area contributed by atoms with E-state index in [2.05, 4.69) is 9.79 Å². The maximum atomic E-state index is 8.79. The quantitative estimate of drug-likeness (QED) is 0.321. The molecule has 0 bridgehead atoms. The third-order valence-corrected chi connectivity index (χ3v) is 1.04. The fourth-order valence-corrected chi connectivity index (χ4v) is 0.576. The van der Waals surface area contributed by atoms with Gasteiger partial charge in [-0.1, -0.05) is 6.07 Å². The van der Waals surface area contributed by atoms with Crippen LogP contribution in [0.5, 0.6) is 0 Å². The lowest BCUT2D eigenvalue weighted by molar-refractivity contribution is -0.154. The van der Waals surface area contributed by atoms with Crippen LogP contribution in [0.1, 0.15) is 0 Å². The van der Waals surface area contributed by atoms with Gasteiger partial charge in [-0.15, -0.1) is 0 Å². The fraction of sp³-hybridized carbons (Fsp3) is 0. The van der Waals surface area contributed by atoms with Gasteiger partial charge in [-0.2, -0.15) is 0 Å². The van der Waals surface area contributed by atoms with Gasteiger partial charge in [0.2, 0.25) is 0 Å². The molecule has 4 nitrogen and oxygen atoms in total. The lowest BCUT2D eigenvalue weighted by Gasteiger charge is -1.97. The molecule has 52 valence electrons. The van der Waals surface area contributed by atoms with Crippen molar-refractivity contribution >= 4 is 12.7 Å². The van der Waals surface area contributed by atoms with Crippen LogP contribution in [0, 0.1) is 0 Å². The third-order valence-electron chi connectivity index (χ3n) is 1.04. The number of aromatic nitrogens is 1. The van der Waals surface area contributed by atoms with E-state index in [0.29, 0.717) is 0 Å². The predicted octanol–water partition coefficient (Wildman–Crippen LogP) is -0.741. The van der Waals surface area contributed by atoms with Crippen molar-refractivity contribution in [3.8, 4) is 0 Å². The van der Waals surface area contributed by atoms with Crippen LogP contribution in [-0.4, -0.2) is 22.4 Å². The van der Waals surface area contributed by atoms with Gasteiger partial charge in [0, 0.05) is 6.20 Å². The molecule has 0 saturated heterocycles. The molecule has 0 fully saturated rings. The molecule has 0 amide bonds. The van der Waals surface area contributed by atoms with Gasteiger partial charge in [0.15, 0.2) is 0 Å². The Labute approximate surface area is 58.2 Å². The molecule has 0 aliphatic rings. The van der Waals surface area contributed by atoms with E-state index in [1.54, 1.807) is 18.2 Å². The zero-order chi connectivity index (χ0) is 7.40. The highest BCUT2D eigenvalue weighted by Gasteiger charge is 2.16. The highest BCUT2D eigenvalue weighted by atomic mass is 17.1. The summed E-state index contributed by atoms with van der Waals surface area (Å²) in [5.41, 5.74) is 0.282. The van der Waals surface area contributed by atoms with Crippen LogP contribution in [0.3, 0.4) is 0 Å². The van der Waals surface area contributed by atoms with Crippen LogP contribution in [0.2, 0.25) is 0 Å². The molecule has 1 aromatic rings. The van der Waals surface area contributed by atoms with Gasteiger partial charge in [-0.05, 0) is 12.1 Å². The van der Waals surface area contributed by atoms with Crippen molar-refractivity contribution < 1.29 is 15.1 Å². The first-order valence-electron chi connectivity index (χ1n) is 2.74. The Morgan fingerprint density at radius 2 is 2.30 bits per heavy atom. The molecule has 2 N–H and O–H groups in total. The molecule has 0 unspecified atom stereocenters. The molecule has 0 spiro atoms. The van der Waals surface area contributed by atoms with Gasteiger partial charge < -0.3 is 5.02 Å². The number of nitrogens with zero attached hydrogens (tertiary/aromatic N) is 1. The second kappa shape index (κ2) is 3.31. The highest BCUT2D eigenvalue weighted by Crippen LogP contribution is 1.80. The van der Waals surface area contributed by atoms with Gasteiger partial charge in [0.1, 0.15) is 0 Å². The SMILES string of the molecule is OOB(O)c1ccccn1. The largest absolute Gasteiger partial charge is 0.541 e. The average Bonchev–Trinajstić information content (AvgIpc) is 2.05. The van der Waals surface area contributed by atoms with Gasteiger partial charge >= 0.3 is 7.12 Å². The van der Waals surface area contributed by atoms with Gasteiger partial charge in [-0.3, -0.25) is 15.0 Å². The molecule has 0 radical (unpaired) electrons. The number of pyridine rings is 1. The van der Waals surface area contributed by atoms with Crippen molar-refractivity contribution in [2.45, 2.75) is 0 Å². The lowest BCUT2D eigenvalue weighted by atomic mass is 9.86. The Morgan fingerprint density at radius 1 is 1.50 bits per heavy atom. The van der Waals surface area contributed by atoms with E-state index in [1.807, 2.05) is 0 Å². The molecule has 0 aliphatic carbocycles. The molecule has 1 heterocycles. The van der Waals surface area contributed by atoms with E-state index in [0.717, 1.165) is 0 Å². The van der Waals surface area contributed by atoms with Crippen LogP contribution < -0.4 is 5.59 Å². The summed E-state index contributed by atoms with van der Waals surface area (Å²) in [6.07, 6.45) is 1.50. The summed E-state index contributed by atoms with van der Waals surface area (Å²) < 4.78 is 0. The minimum atomic E-state index is -1.35. The summed E-state index contributed by atoms with van der Waals surface area (Å²) in [7, 11) is -1.35. The van der Waals surface area contributed by atoms with Crippen molar-refractivity contribution in [2.24, 2.45) is 0 Å². The molecule has 1 aromatic heterocycles. The summed E-state index contributed by atoms with van der Waals surface area (Å²) in [5.74, 6) is 0. The lowest BCUT2D eigenvalue weighted by Crippen LogP contribution is -2.34. The Morgan fingerprint density at radius 3 is 2.80 bits per heavy atom. The van der Waals surface area contributed by atoms with Gasteiger partial charge in [0.05, 0.1) is 5.59 Å². The normalized spacial score (nSPS) is 9.40. The van der Waals surface area contributed by atoms with E-state index in [4.69, 9.17) is 10.3 Å². The average molecular weight is 139 g/mol. The maximum Gasteiger partial charge on any atom is 0.541 e. The summed E-state index contributed by atoms with van der Waals surface area (Å²) in [5, 5.41) is 16.8. The third kappa shape index (κ3) is 1.54. The Hall–Kier alpha value is -0.905. The number of rotatable bonds is 2. The summed E-state index contributed by atoms with van der Waals surface area (Å²) >= 11 is 0. The van der Waals surface area contributed by atoms with E-state index < -0.39 is 7.12 Å². The minimum absolute atomic E-state index is 0.282.